The molecule has 0 aliphatic carbocycles. The van der Waals surface area contributed by atoms with Gasteiger partial charge in [-0.05, 0) is 56.7 Å². The van der Waals surface area contributed by atoms with Crippen molar-refractivity contribution < 1.29 is 0 Å². The van der Waals surface area contributed by atoms with Gasteiger partial charge in [0.15, 0.2) is 0 Å². The van der Waals surface area contributed by atoms with Crippen LogP contribution in [0.5, 0.6) is 0 Å². The Morgan fingerprint density at radius 2 is 1.03 bits per heavy atom. The Bertz CT molecular complexity index is 1320. The van der Waals surface area contributed by atoms with Gasteiger partial charge in [0.1, 0.15) is 27.5 Å². The van der Waals surface area contributed by atoms with E-state index in [4.69, 9.17) is 0 Å². The van der Waals surface area contributed by atoms with Crippen molar-refractivity contribution in [3.8, 4) is 34.1 Å². The zero-order chi connectivity index (χ0) is 28.8. The van der Waals surface area contributed by atoms with Crippen molar-refractivity contribution in [1.29, 1.82) is 0 Å². The second kappa shape index (κ2) is 12.6. The van der Waals surface area contributed by atoms with Crippen molar-refractivity contribution in [2.75, 3.05) is 0 Å². The summed E-state index contributed by atoms with van der Waals surface area (Å²) in [6.07, 6.45) is 3.70. The lowest BCUT2D eigenvalue weighted by atomic mass is 10.1. The van der Waals surface area contributed by atoms with E-state index in [-0.39, 0.29) is 5.04 Å². The average molecular weight is 604 g/mol. The first-order valence-electron chi connectivity index (χ1n) is 13.1. The Kier molecular flexibility index (Phi) is 10.5. The minimum Gasteiger partial charge on any atom is -0.247 e. The summed E-state index contributed by atoms with van der Waals surface area (Å²) in [6, 6.07) is 16.6. The molecule has 200 valence electrons. The van der Waals surface area contributed by atoms with Crippen LogP contribution in [0.4, 0.5) is 0 Å². The maximum atomic E-state index is 4.51. The molecular weight excluding hydrogens is 560 g/mol. The van der Waals surface area contributed by atoms with Crippen LogP contribution in [0.1, 0.15) is 58.5 Å². The third kappa shape index (κ3) is 9.39. The second-order valence-electron chi connectivity index (χ2n) is 12.9. The highest BCUT2D eigenvalue weighted by Crippen LogP contribution is 2.36. The fraction of sp³-hybridized carbons (Fsp3) is 0.394. The summed E-state index contributed by atoms with van der Waals surface area (Å²) in [4.78, 5) is 8.78. The van der Waals surface area contributed by atoms with Crippen LogP contribution in [-0.2, 0) is 0 Å². The molecule has 5 heteroatoms. The van der Waals surface area contributed by atoms with Crippen LogP contribution in [0, 0.1) is 29.9 Å². The minimum absolute atomic E-state index is 0.280. The molecule has 0 N–H and O–H groups in total. The summed E-state index contributed by atoms with van der Waals surface area (Å²) in [6.45, 7) is 25.0. The molecule has 0 amide bonds. The molecule has 0 spiro atoms. The standard InChI is InChI=1S/C20H25NSi.C13H18BrNSi/c1-16-7-9-17(10-8-16)18-11-12-19(21-15-18)13-14-22(5,6)20(2,3)4;1-13(2,3)16(4,5)9-8-12-7-6-11(14)10-15-12/h7-12,15H,1-6H3;6-7,10H,1-5H3. The fourth-order valence-corrected chi connectivity index (χ4v) is 4.52. The van der Waals surface area contributed by atoms with Gasteiger partial charge in [-0.15, -0.1) is 11.1 Å². The van der Waals surface area contributed by atoms with Crippen LogP contribution in [0.2, 0.25) is 36.3 Å². The summed E-state index contributed by atoms with van der Waals surface area (Å²) in [5.74, 6) is 6.48. The molecule has 0 aliphatic rings. The van der Waals surface area contributed by atoms with E-state index in [1.807, 2.05) is 24.4 Å². The Balaban J connectivity index is 0.000000281. The van der Waals surface area contributed by atoms with E-state index in [1.54, 1.807) is 6.20 Å². The molecule has 2 nitrogen and oxygen atoms in total. The summed E-state index contributed by atoms with van der Waals surface area (Å²) in [5.41, 5.74) is 12.3. The van der Waals surface area contributed by atoms with Crippen molar-refractivity contribution in [1.82, 2.24) is 9.97 Å². The summed E-state index contributed by atoms with van der Waals surface area (Å²) < 4.78 is 0.991. The van der Waals surface area contributed by atoms with Crippen molar-refractivity contribution in [3.05, 3.63) is 82.3 Å². The third-order valence-electron chi connectivity index (χ3n) is 7.63. The maximum Gasteiger partial charge on any atom is 0.138 e. The van der Waals surface area contributed by atoms with Crippen LogP contribution >= 0.6 is 15.9 Å². The summed E-state index contributed by atoms with van der Waals surface area (Å²) >= 11 is 3.37. The Morgan fingerprint density at radius 1 is 0.605 bits per heavy atom. The van der Waals surface area contributed by atoms with Gasteiger partial charge >= 0.3 is 0 Å². The molecule has 2 heterocycles. The van der Waals surface area contributed by atoms with E-state index >= 15 is 0 Å². The lowest BCUT2D eigenvalue weighted by Gasteiger charge is -2.31. The molecule has 0 atom stereocenters. The van der Waals surface area contributed by atoms with Crippen molar-refractivity contribution >= 4 is 32.1 Å². The highest BCUT2D eigenvalue weighted by molar-refractivity contribution is 9.10. The molecular formula is C33H43BrN2Si2. The summed E-state index contributed by atoms with van der Waals surface area (Å²) in [5, 5.41) is 0.581. The number of aromatic nitrogens is 2. The number of nitrogens with zero attached hydrogens (tertiary/aromatic N) is 2. The van der Waals surface area contributed by atoms with E-state index in [9.17, 15) is 0 Å². The molecule has 0 unspecified atom stereocenters. The molecule has 0 radical (unpaired) electrons. The van der Waals surface area contributed by atoms with Gasteiger partial charge in [0.25, 0.3) is 0 Å². The lowest BCUT2D eigenvalue weighted by Crippen LogP contribution is -2.35. The Morgan fingerprint density at radius 3 is 1.39 bits per heavy atom. The molecule has 38 heavy (non-hydrogen) atoms. The topological polar surface area (TPSA) is 25.8 Å². The fourth-order valence-electron chi connectivity index (χ4n) is 2.65. The SMILES string of the molecule is CC(C)(C)[Si](C)(C)C#Cc1ccc(Br)cn1.Cc1ccc(-c2ccc(C#C[Si](C)(C)C(C)(C)C)nc2)cc1. The van der Waals surface area contributed by atoms with Gasteiger partial charge < -0.3 is 0 Å². The normalized spacial score (nSPS) is 11.8. The predicted molar refractivity (Wildman–Crippen MR) is 174 cm³/mol. The van der Waals surface area contributed by atoms with Gasteiger partial charge in [-0.3, -0.25) is 0 Å². The van der Waals surface area contributed by atoms with Crippen LogP contribution in [-0.4, -0.2) is 26.1 Å². The predicted octanol–water partition coefficient (Wildman–Crippen LogP) is 9.70. The molecule has 1 aromatic carbocycles. The van der Waals surface area contributed by atoms with Crippen LogP contribution in [0.15, 0.2) is 65.4 Å². The van der Waals surface area contributed by atoms with Crippen LogP contribution < -0.4 is 0 Å². The van der Waals surface area contributed by atoms with Gasteiger partial charge in [-0.25, -0.2) is 9.97 Å². The van der Waals surface area contributed by atoms with E-state index in [2.05, 4.69) is 154 Å². The zero-order valence-electron chi connectivity index (χ0n) is 25.0. The number of halogens is 1. The van der Waals surface area contributed by atoms with Gasteiger partial charge in [-0.2, -0.15) is 0 Å². The van der Waals surface area contributed by atoms with E-state index < -0.39 is 16.1 Å². The number of aryl methyl sites for hydroxylation is 1. The van der Waals surface area contributed by atoms with Crippen LogP contribution in [0.3, 0.4) is 0 Å². The van der Waals surface area contributed by atoms with Gasteiger partial charge in [0.2, 0.25) is 0 Å². The molecule has 3 aromatic rings. The van der Waals surface area contributed by atoms with Crippen molar-refractivity contribution in [2.45, 2.75) is 84.7 Å². The highest BCUT2D eigenvalue weighted by atomic mass is 79.9. The molecule has 0 aliphatic heterocycles. The van der Waals surface area contributed by atoms with Crippen LogP contribution in [0.25, 0.3) is 11.1 Å². The maximum absolute atomic E-state index is 4.51. The first-order chi connectivity index (χ1) is 17.4. The number of benzene rings is 1. The number of hydrogen-bond donors (Lipinski definition) is 0. The van der Waals surface area contributed by atoms with Crippen molar-refractivity contribution in [2.24, 2.45) is 0 Å². The first-order valence-corrected chi connectivity index (χ1v) is 19.9. The minimum atomic E-state index is -1.57. The number of hydrogen-bond acceptors (Lipinski definition) is 2. The largest absolute Gasteiger partial charge is 0.247 e. The lowest BCUT2D eigenvalue weighted by molar-refractivity contribution is 0.730. The quantitative estimate of drug-likeness (QED) is 0.204. The van der Waals surface area contributed by atoms with E-state index in [0.717, 1.165) is 21.4 Å². The molecule has 0 fully saturated rings. The third-order valence-corrected chi connectivity index (χ3v) is 17.1. The smallest absolute Gasteiger partial charge is 0.138 e. The molecule has 2 aromatic heterocycles. The Hall–Kier alpha value is -2.45. The first kappa shape index (κ1) is 31.8. The van der Waals surface area contributed by atoms with Gasteiger partial charge in [-0.1, -0.05) is 115 Å². The van der Waals surface area contributed by atoms with Gasteiger partial charge in [0, 0.05) is 22.4 Å². The molecule has 0 bridgehead atoms. The zero-order valence-corrected chi connectivity index (χ0v) is 28.6. The highest BCUT2D eigenvalue weighted by Gasteiger charge is 2.34. The van der Waals surface area contributed by atoms with E-state index in [0.29, 0.717) is 5.04 Å². The Labute approximate surface area is 242 Å². The van der Waals surface area contributed by atoms with E-state index in [1.165, 1.54) is 11.1 Å². The second-order valence-corrected chi connectivity index (χ2v) is 23.8. The van der Waals surface area contributed by atoms with Gasteiger partial charge in [0.05, 0.1) is 0 Å². The summed E-state index contributed by atoms with van der Waals surface area (Å²) in [7, 11) is -3.09. The molecule has 0 saturated heterocycles. The monoisotopic (exact) mass is 602 g/mol. The number of rotatable bonds is 1. The number of pyridine rings is 2. The average Bonchev–Trinajstić information content (AvgIpc) is 2.82. The molecule has 3 rings (SSSR count). The van der Waals surface area contributed by atoms with Crippen molar-refractivity contribution in [3.63, 3.8) is 0 Å². The molecule has 0 saturated carbocycles.